The molecule has 0 aromatic rings. The lowest BCUT2D eigenvalue weighted by Gasteiger charge is -2.35. The standard InChI is InChI=1S/C20H40N4O2/c1-4-23-12-7-18(8-13-23)6-11-22-20(21-2)24-14-9-19(10-15-24)26-17-5-16-25-3/h18-19H,4-17H2,1-3H3,(H,21,22). The average Bonchev–Trinajstić information content (AvgIpc) is 2.70. The van der Waals surface area contributed by atoms with Gasteiger partial charge in [-0.25, -0.2) is 0 Å². The number of guanidine groups is 1. The van der Waals surface area contributed by atoms with Crippen LogP contribution in [0.5, 0.6) is 0 Å². The summed E-state index contributed by atoms with van der Waals surface area (Å²) in [7, 11) is 3.64. The number of hydrogen-bond acceptors (Lipinski definition) is 4. The first kappa shape index (κ1) is 21.5. The van der Waals surface area contributed by atoms with E-state index in [0.717, 1.165) is 64.0 Å². The Morgan fingerprint density at radius 3 is 2.42 bits per heavy atom. The molecule has 0 aliphatic carbocycles. The number of rotatable bonds is 9. The summed E-state index contributed by atoms with van der Waals surface area (Å²) in [5.41, 5.74) is 0. The maximum Gasteiger partial charge on any atom is 0.193 e. The van der Waals surface area contributed by atoms with Gasteiger partial charge in [-0.05, 0) is 64.1 Å². The van der Waals surface area contributed by atoms with Gasteiger partial charge in [0.15, 0.2) is 5.96 Å². The average molecular weight is 369 g/mol. The van der Waals surface area contributed by atoms with Gasteiger partial charge in [-0.3, -0.25) is 4.99 Å². The lowest BCUT2D eigenvalue weighted by molar-refractivity contribution is 0.00990. The Bertz CT molecular complexity index is 389. The SMILES string of the molecule is CCN1CCC(CCNC(=NC)N2CCC(OCCCOC)CC2)CC1. The van der Waals surface area contributed by atoms with Crippen molar-refractivity contribution >= 4 is 5.96 Å². The Balaban J connectivity index is 1.59. The Labute approximate surface area is 160 Å². The second kappa shape index (κ2) is 12.5. The molecule has 0 bridgehead atoms. The quantitative estimate of drug-likeness (QED) is 0.384. The fraction of sp³-hybridized carbons (Fsp3) is 0.950. The molecule has 2 rings (SSSR count). The predicted molar refractivity (Wildman–Crippen MR) is 108 cm³/mol. The van der Waals surface area contributed by atoms with Crippen molar-refractivity contribution in [2.45, 2.75) is 51.6 Å². The monoisotopic (exact) mass is 368 g/mol. The molecule has 6 nitrogen and oxygen atoms in total. The predicted octanol–water partition coefficient (Wildman–Crippen LogP) is 2.20. The van der Waals surface area contributed by atoms with Crippen LogP contribution in [-0.2, 0) is 9.47 Å². The number of piperidine rings is 2. The largest absolute Gasteiger partial charge is 0.385 e. The minimum Gasteiger partial charge on any atom is -0.385 e. The molecule has 0 spiro atoms. The van der Waals surface area contributed by atoms with Crippen LogP contribution in [0.15, 0.2) is 4.99 Å². The maximum atomic E-state index is 5.95. The highest BCUT2D eigenvalue weighted by Gasteiger charge is 2.22. The molecule has 2 aliphatic rings. The van der Waals surface area contributed by atoms with E-state index in [0.29, 0.717) is 6.10 Å². The molecule has 1 N–H and O–H groups in total. The zero-order chi connectivity index (χ0) is 18.6. The third kappa shape index (κ3) is 7.41. The molecule has 152 valence electrons. The Hall–Kier alpha value is -0.850. The zero-order valence-electron chi connectivity index (χ0n) is 17.2. The van der Waals surface area contributed by atoms with Crippen LogP contribution in [0.3, 0.4) is 0 Å². The maximum absolute atomic E-state index is 5.95. The van der Waals surface area contributed by atoms with Crippen molar-refractivity contribution in [3.63, 3.8) is 0 Å². The smallest absolute Gasteiger partial charge is 0.193 e. The van der Waals surface area contributed by atoms with E-state index in [1.54, 1.807) is 7.11 Å². The minimum atomic E-state index is 0.393. The molecule has 2 heterocycles. The van der Waals surface area contributed by atoms with Gasteiger partial charge in [0.25, 0.3) is 0 Å². The first-order valence-corrected chi connectivity index (χ1v) is 10.5. The molecule has 2 saturated heterocycles. The number of nitrogens with zero attached hydrogens (tertiary/aromatic N) is 3. The van der Waals surface area contributed by atoms with Crippen molar-refractivity contribution < 1.29 is 9.47 Å². The van der Waals surface area contributed by atoms with Crippen LogP contribution in [0.25, 0.3) is 0 Å². The van der Waals surface area contributed by atoms with Crippen LogP contribution < -0.4 is 5.32 Å². The fourth-order valence-corrected chi connectivity index (χ4v) is 4.00. The van der Waals surface area contributed by atoms with Gasteiger partial charge in [0.05, 0.1) is 6.10 Å². The van der Waals surface area contributed by atoms with E-state index < -0.39 is 0 Å². The van der Waals surface area contributed by atoms with Crippen LogP contribution in [0.1, 0.15) is 45.4 Å². The molecule has 0 radical (unpaired) electrons. The number of aliphatic imine (C=N–C) groups is 1. The molecule has 2 fully saturated rings. The van der Waals surface area contributed by atoms with Crippen molar-refractivity contribution in [3.05, 3.63) is 0 Å². The summed E-state index contributed by atoms with van der Waals surface area (Å²) in [6.07, 6.45) is 7.50. The Morgan fingerprint density at radius 1 is 1.08 bits per heavy atom. The minimum absolute atomic E-state index is 0.393. The number of nitrogens with one attached hydrogen (secondary N) is 1. The van der Waals surface area contributed by atoms with E-state index in [4.69, 9.17) is 9.47 Å². The van der Waals surface area contributed by atoms with Crippen molar-refractivity contribution in [1.29, 1.82) is 0 Å². The molecule has 2 aliphatic heterocycles. The van der Waals surface area contributed by atoms with Gasteiger partial charge in [-0.2, -0.15) is 0 Å². The van der Waals surface area contributed by atoms with Crippen LogP contribution in [0.2, 0.25) is 0 Å². The summed E-state index contributed by atoms with van der Waals surface area (Å²) in [5, 5.41) is 3.59. The van der Waals surface area contributed by atoms with Gasteiger partial charge in [0.1, 0.15) is 0 Å². The lowest BCUT2D eigenvalue weighted by atomic mass is 9.93. The van der Waals surface area contributed by atoms with Crippen molar-refractivity contribution in [1.82, 2.24) is 15.1 Å². The van der Waals surface area contributed by atoms with E-state index in [-0.39, 0.29) is 0 Å². The molecule has 6 heteroatoms. The molecule has 0 saturated carbocycles. The van der Waals surface area contributed by atoms with Gasteiger partial charge in [0, 0.05) is 47.0 Å². The molecule has 0 aromatic heterocycles. The lowest BCUT2D eigenvalue weighted by Crippen LogP contribution is -2.47. The highest BCUT2D eigenvalue weighted by molar-refractivity contribution is 5.79. The van der Waals surface area contributed by atoms with E-state index in [1.807, 2.05) is 7.05 Å². The van der Waals surface area contributed by atoms with E-state index in [2.05, 4.69) is 27.0 Å². The highest BCUT2D eigenvalue weighted by Crippen LogP contribution is 2.20. The summed E-state index contributed by atoms with van der Waals surface area (Å²) in [4.78, 5) is 9.44. The van der Waals surface area contributed by atoms with Crippen LogP contribution in [-0.4, -0.2) is 88.5 Å². The Kier molecular flexibility index (Phi) is 10.3. The van der Waals surface area contributed by atoms with E-state index in [1.165, 1.54) is 38.9 Å². The van der Waals surface area contributed by atoms with Gasteiger partial charge in [0.2, 0.25) is 0 Å². The van der Waals surface area contributed by atoms with Gasteiger partial charge < -0.3 is 24.6 Å². The molecule has 0 amide bonds. The summed E-state index contributed by atoms with van der Waals surface area (Å²) in [5.74, 6) is 1.93. The third-order valence-corrected chi connectivity index (χ3v) is 5.79. The van der Waals surface area contributed by atoms with E-state index in [9.17, 15) is 0 Å². The van der Waals surface area contributed by atoms with Gasteiger partial charge in [-0.15, -0.1) is 0 Å². The fourth-order valence-electron chi connectivity index (χ4n) is 4.00. The van der Waals surface area contributed by atoms with Crippen LogP contribution in [0, 0.1) is 5.92 Å². The van der Waals surface area contributed by atoms with Crippen LogP contribution in [0.4, 0.5) is 0 Å². The second-order valence-corrected chi connectivity index (χ2v) is 7.54. The highest BCUT2D eigenvalue weighted by atomic mass is 16.5. The summed E-state index contributed by atoms with van der Waals surface area (Å²) < 4.78 is 11.0. The van der Waals surface area contributed by atoms with Crippen molar-refractivity contribution in [2.24, 2.45) is 10.9 Å². The molecule has 0 unspecified atom stereocenters. The zero-order valence-corrected chi connectivity index (χ0v) is 17.2. The normalized spacial score (nSPS) is 21.3. The molecule has 0 aromatic carbocycles. The first-order chi connectivity index (χ1) is 12.8. The number of hydrogen-bond donors (Lipinski definition) is 1. The van der Waals surface area contributed by atoms with Crippen molar-refractivity contribution in [2.75, 3.05) is 66.6 Å². The van der Waals surface area contributed by atoms with Crippen molar-refractivity contribution in [3.8, 4) is 0 Å². The first-order valence-electron chi connectivity index (χ1n) is 10.5. The number of ether oxygens (including phenoxy) is 2. The second-order valence-electron chi connectivity index (χ2n) is 7.54. The van der Waals surface area contributed by atoms with Crippen LogP contribution >= 0.6 is 0 Å². The molecule has 26 heavy (non-hydrogen) atoms. The van der Waals surface area contributed by atoms with Gasteiger partial charge in [-0.1, -0.05) is 6.92 Å². The van der Waals surface area contributed by atoms with E-state index >= 15 is 0 Å². The van der Waals surface area contributed by atoms with Gasteiger partial charge >= 0.3 is 0 Å². The molecular formula is C20H40N4O2. The molecular weight excluding hydrogens is 328 g/mol. The summed E-state index contributed by atoms with van der Waals surface area (Å²) >= 11 is 0. The third-order valence-electron chi connectivity index (χ3n) is 5.79. The summed E-state index contributed by atoms with van der Waals surface area (Å²) in [6, 6.07) is 0. The number of methoxy groups -OCH3 is 1. The Morgan fingerprint density at radius 2 is 1.81 bits per heavy atom. The summed E-state index contributed by atoms with van der Waals surface area (Å²) in [6.45, 7) is 10.7. The number of likely N-dealkylation sites (tertiary alicyclic amines) is 2. The topological polar surface area (TPSA) is 49.3 Å². The molecule has 0 atom stereocenters.